The number of rotatable bonds is 22. The molecule has 9 aliphatic heterocycles. The number of fused-ring (bicyclic) bond motifs is 6. The fourth-order valence-corrected chi connectivity index (χ4v) is 21.0. The Balaban J connectivity index is 0.000000141. The van der Waals surface area contributed by atoms with Gasteiger partial charge in [0, 0.05) is 165 Å². The molecule has 3 amide bonds. The standard InChI is InChI=1S/C37H43N9O2.C34H39N7O3.C33H38FN7O2/c1-27-9-4-10-28-11-5-13-33(35(27)28)43-20-15-31-32(25-43)40-37(48-26-29-12-6-17-42(29)3)41-36(31)44-21-22-46(30(24-44)23-38-2)34(47)14-7-18-45-19-8-16-39-45;1-24-8-4-9-25-10-5-12-30(32(24)25)39-16-14-28-29(22-39)36-34(44-23-26-11-6-15-38(26)3)37-33(28)40-17-18-41(27(21-40)20-35-2)31(43)13-7-19-42;1-22-8-5-9-24-10-6-12-29(30(22)24)39-15-13-27-28(20-39)36-33(43-21-25-11-7-14-38(25)4)37-31(27)40-16-17-41(32(42)23(2)34)26(19-40)18-35-3/h4-5,7-11,13-14,16,19,29-30H,6,12,15,17-18,20-26H2,1,3H3;4-5,8-10,12,26-27,42H,6,11,14-23H2,1,3H3;5-6,8-10,12,25-26H,2,7,11,13-21H2,1,4H3/b14-7+;;/t29-,30-;26-,27-;25-,26-/m000/s1. The van der Waals surface area contributed by atoms with Gasteiger partial charge in [0.25, 0.3) is 11.8 Å². The van der Waals surface area contributed by atoms with Gasteiger partial charge >= 0.3 is 18.0 Å². The van der Waals surface area contributed by atoms with Crippen LogP contribution in [0.2, 0.25) is 0 Å². The van der Waals surface area contributed by atoms with Gasteiger partial charge in [-0.1, -0.05) is 110 Å². The van der Waals surface area contributed by atoms with Crippen molar-refractivity contribution < 1.29 is 38.1 Å². The number of likely N-dealkylation sites (N-methyl/N-ethyl adjacent to an activating group) is 3. The van der Waals surface area contributed by atoms with Crippen LogP contribution in [0.1, 0.15) is 89.0 Å². The molecule has 6 fully saturated rings. The van der Waals surface area contributed by atoms with E-state index in [0.29, 0.717) is 135 Å². The van der Waals surface area contributed by atoms with Crippen LogP contribution in [0.5, 0.6) is 18.0 Å². The molecule has 0 bridgehead atoms. The van der Waals surface area contributed by atoms with E-state index in [2.05, 4.69) is 233 Å². The first kappa shape index (κ1) is 93.3. The van der Waals surface area contributed by atoms with E-state index >= 15 is 0 Å². The number of likely N-dealkylation sites (tertiary alicyclic amines) is 3. The highest BCUT2D eigenvalue weighted by atomic mass is 19.1. The Labute approximate surface area is 790 Å². The van der Waals surface area contributed by atoms with Crippen LogP contribution in [0.4, 0.5) is 38.9 Å². The number of halogens is 1. The number of amides is 3. The number of piperazine rings is 3. The van der Waals surface area contributed by atoms with Crippen molar-refractivity contribution in [3.05, 3.63) is 237 Å². The zero-order valence-corrected chi connectivity index (χ0v) is 78.3. The lowest BCUT2D eigenvalue weighted by atomic mass is 9.99. The number of carbonyl (C=O) groups is 3. The number of allylic oxidation sites excluding steroid dienone is 1. The number of aliphatic hydroxyl groups excluding tert-OH is 1. The van der Waals surface area contributed by atoms with Crippen molar-refractivity contribution in [2.24, 2.45) is 0 Å². The fourth-order valence-electron chi connectivity index (χ4n) is 21.0. The summed E-state index contributed by atoms with van der Waals surface area (Å²) in [5.74, 6) is 5.26. The second kappa shape index (κ2) is 42.8. The van der Waals surface area contributed by atoms with Gasteiger partial charge in [0.15, 0.2) is 5.83 Å². The summed E-state index contributed by atoms with van der Waals surface area (Å²) in [5.41, 5.74) is 13.5. The van der Waals surface area contributed by atoms with E-state index in [9.17, 15) is 18.8 Å². The van der Waals surface area contributed by atoms with E-state index < -0.39 is 17.8 Å². The summed E-state index contributed by atoms with van der Waals surface area (Å²) in [6, 6.07) is 41.7. The molecule has 0 unspecified atom stereocenters. The number of hydrogen-bond acceptors (Lipinski definition) is 23. The van der Waals surface area contributed by atoms with Gasteiger partial charge in [0.1, 0.15) is 62.0 Å². The SMILES string of the molecule is [C-]#[N+]C[C@H]1CN(c2nc(OC[C@@H]3CCCN3C)nc3c2CCN(c2cccc4cccc(C)c24)C3)CCN1C(=O)/C=C/Cn1cccn1.[C-]#[N+]C[C@H]1CN(c2nc(OC[C@@H]3CCCN3C)nc3c2CCN(c2cccc4cccc(C)c24)C3)CCN1C(=O)C#CCO.[C-]#[N+]C[C@H]1CN(c2nc(OC[C@@H]3CCCN3C)nc3c2CCN(c2cccc4cccc(C)c24)C3)CCN1C(=O)C(=C)F. The highest BCUT2D eigenvalue weighted by Crippen LogP contribution is 2.42. The van der Waals surface area contributed by atoms with Crippen LogP contribution in [0, 0.1) is 52.3 Å². The molecule has 10 aromatic rings. The average Bonchev–Trinajstić information content (AvgIpc) is 1.37. The van der Waals surface area contributed by atoms with Crippen LogP contribution < -0.4 is 43.6 Å². The second-order valence-corrected chi connectivity index (χ2v) is 36.7. The van der Waals surface area contributed by atoms with Gasteiger partial charge in [0.05, 0.1) is 43.3 Å². The summed E-state index contributed by atoms with van der Waals surface area (Å²) in [6.07, 6.45) is 16.1. The van der Waals surface area contributed by atoms with Crippen LogP contribution >= 0.6 is 0 Å². The lowest BCUT2D eigenvalue weighted by Crippen LogP contribution is -2.57. The molecule has 700 valence electrons. The monoisotopic (exact) mass is 1820 g/mol. The van der Waals surface area contributed by atoms with Crippen molar-refractivity contribution >= 4 is 84.6 Å². The zero-order valence-electron chi connectivity index (χ0n) is 78.3. The normalized spacial score (nSPS) is 20.3. The molecule has 4 aromatic heterocycles. The second-order valence-electron chi connectivity index (χ2n) is 36.7. The molecule has 31 heteroatoms. The van der Waals surface area contributed by atoms with Crippen LogP contribution in [0.25, 0.3) is 46.9 Å². The van der Waals surface area contributed by atoms with Gasteiger partial charge < -0.3 is 92.7 Å². The third-order valence-electron chi connectivity index (χ3n) is 28.3. The molecule has 0 spiro atoms. The maximum absolute atomic E-state index is 13.8. The van der Waals surface area contributed by atoms with E-state index in [4.69, 9.17) is 68.9 Å². The van der Waals surface area contributed by atoms with Gasteiger partial charge in [-0.05, 0) is 182 Å². The predicted octanol–water partition coefficient (Wildman–Crippen LogP) is 11.7. The van der Waals surface area contributed by atoms with Crippen molar-refractivity contribution in [3.63, 3.8) is 0 Å². The summed E-state index contributed by atoms with van der Waals surface area (Å²) in [7, 11) is 6.40. The summed E-state index contributed by atoms with van der Waals surface area (Å²) in [6.45, 7) is 46.4. The number of aromatic nitrogens is 8. The summed E-state index contributed by atoms with van der Waals surface area (Å²) >= 11 is 0. The minimum absolute atomic E-state index is 0.0778. The lowest BCUT2D eigenvalue weighted by Gasteiger charge is -2.41. The largest absolute Gasteiger partial charge is 0.462 e. The Morgan fingerprint density at radius 1 is 0.474 bits per heavy atom. The van der Waals surface area contributed by atoms with Crippen molar-refractivity contribution in [2.75, 3.05) is 195 Å². The minimum Gasteiger partial charge on any atom is -0.462 e. The first-order chi connectivity index (χ1) is 65.8. The Morgan fingerprint density at radius 3 is 1.20 bits per heavy atom. The maximum Gasteiger partial charge on any atom is 0.318 e. The minimum atomic E-state index is -1.00. The molecule has 6 atom stereocenters. The molecular weight excluding hydrogens is 1700 g/mol. The Morgan fingerprint density at radius 2 is 0.844 bits per heavy atom. The van der Waals surface area contributed by atoms with Gasteiger partial charge in [-0.25, -0.2) is 24.1 Å². The number of hydrogen-bond donors (Lipinski definition) is 1. The van der Waals surface area contributed by atoms with E-state index in [0.717, 1.165) is 142 Å². The number of nitrogens with zero attached hydrogens (tertiary/aromatic N) is 23. The smallest absolute Gasteiger partial charge is 0.318 e. The van der Waals surface area contributed by atoms with Gasteiger partial charge in [-0.15, -0.1) is 0 Å². The molecule has 6 saturated heterocycles. The van der Waals surface area contributed by atoms with Gasteiger partial charge in [-0.2, -0.15) is 35.0 Å². The maximum atomic E-state index is 13.8. The van der Waals surface area contributed by atoms with Gasteiger partial charge in [0.2, 0.25) is 25.5 Å². The van der Waals surface area contributed by atoms with Crippen molar-refractivity contribution in [3.8, 4) is 29.9 Å². The molecule has 0 aliphatic carbocycles. The number of aryl methyl sites for hydroxylation is 3. The summed E-state index contributed by atoms with van der Waals surface area (Å²) in [4.78, 5) is 105. The molecule has 13 heterocycles. The van der Waals surface area contributed by atoms with E-state index in [1.54, 1.807) is 21.9 Å². The highest BCUT2D eigenvalue weighted by Gasteiger charge is 2.41. The number of anilines is 6. The Hall–Kier alpha value is -13.6. The molecule has 30 nitrogen and oxygen atoms in total. The van der Waals surface area contributed by atoms with E-state index in [-0.39, 0.29) is 56.7 Å². The first-order valence-electron chi connectivity index (χ1n) is 47.4. The molecular formula is C104H120FN23O7. The number of ether oxygens (including phenoxy) is 3. The Kier molecular flexibility index (Phi) is 29.5. The van der Waals surface area contributed by atoms with Crippen molar-refractivity contribution in [1.82, 2.24) is 69.1 Å². The number of carbonyl (C=O) groups excluding carboxylic acids is 3. The lowest BCUT2D eigenvalue weighted by molar-refractivity contribution is -0.131. The van der Waals surface area contributed by atoms with Crippen LogP contribution in [-0.4, -0.2) is 294 Å². The molecule has 0 saturated carbocycles. The predicted molar refractivity (Wildman–Crippen MR) is 524 cm³/mol. The molecule has 6 aromatic carbocycles. The van der Waals surface area contributed by atoms with E-state index in [1.807, 2.05) is 23.2 Å². The molecule has 1 N–H and O–H groups in total. The summed E-state index contributed by atoms with van der Waals surface area (Å²) < 4.78 is 34.5. The van der Waals surface area contributed by atoms with Crippen LogP contribution in [-0.2, 0) is 59.8 Å². The quantitative estimate of drug-likeness (QED) is 0.0376. The molecule has 0 radical (unpaired) electrons. The van der Waals surface area contributed by atoms with Crippen molar-refractivity contribution in [1.29, 1.82) is 0 Å². The third-order valence-corrected chi connectivity index (χ3v) is 28.3. The molecule has 135 heavy (non-hydrogen) atoms. The topological polar surface area (TPSA) is 246 Å². The summed E-state index contributed by atoms with van der Waals surface area (Å²) in [5, 5.41) is 20.7. The number of aliphatic hydroxyl groups is 1. The highest BCUT2D eigenvalue weighted by molar-refractivity contribution is 6.00. The zero-order chi connectivity index (χ0) is 93.8. The van der Waals surface area contributed by atoms with Crippen LogP contribution in [0.15, 0.2) is 152 Å². The first-order valence-corrected chi connectivity index (χ1v) is 47.4. The number of benzene rings is 6. The average molecular weight is 1820 g/mol. The fraction of sp³-hybridized carbons (Fsp3) is 0.452. The van der Waals surface area contributed by atoms with Crippen molar-refractivity contribution in [2.45, 2.75) is 141 Å². The third kappa shape index (κ3) is 21.0. The molecule has 19 rings (SSSR count). The van der Waals surface area contributed by atoms with Crippen LogP contribution in [0.3, 0.4) is 0 Å². The Bertz CT molecular complexity index is 6230. The van der Waals surface area contributed by atoms with Gasteiger partial charge in [-0.3, -0.25) is 19.1 Å². The van der Waals surface area contributed by atoms with E-state index in [1.165, 1.54) is 77.4 Å². The molecule has 9 aliphatic rings.